The molecule has 0 radical (unpaired) electrons. The summed E-state index contributed by atoms with van der Waals surface area (Å²) in [5, 5.41) is 0. The summed E-state index contributed by atoms with van der Waals surface area (Å²) >= 11 is 0. The van der Waals surface area contributed by atoms with Crippen LogP contribution in [0.4, 0.5) is 4.39 Å². The average Bonchev–Trinajstić information content (AvgIpc) is 2.28. The third-order valence-corrected chi connectivity index (χ3v) is 2.85. The van der Waals surface area contributed by atoms with Crippen LogP contribution in [0.25, 0.3) is 11.1 Å². The monoisotopic (exact) mass is 228 g/mol. The van der Waals surface area contributed by atoms with E-state index in [4.69, 9.17) is 0 Å². The van der Waals surface area contributed by atoms with E-state index in [1.54, 1.807) is 6.07 Å². The van der Waals surface area contributed by atoms with Crippen LogP contribution in [0.5, 0.6) is 0 Å². The highest BCUT2D eigenvalue weighted by atomic mass is 19.1. The van der Waals surface area contributed by atoms with Crippen LogP contribution in [-0.4, -0.2) is 0 Å². The van der Waals surface area contributed by atoms with E-state index >= 15 is 0 Å². The Balaban J connectivity index is 2.67. The van der Waals surface area contributed by atoms with Crippen LogP contribution in [0.3, 0.4) is 0 Å². The van der Waals surface area contributed by atoms with Gasteiger partial charge in [0.2, 0.25) is 0 Å². The molecule has 0 saturated heterocycles. The minimum atomic E-state index is -0.198. The van der Waals surface area contributed by atoms with Gasteiger partial charge in [0.15, 0.2) is 0 Å². The van der Waals surface area contributed by atoms with Gasteiger partial charge in [-0.15, -0.1) is 0 Å². The van der Waals surface area contributed by atoms with E-state index in [2.05, 4.69) is 0 Å². The van der Waals surface area contributed by atoms with E-state index in [1.165, 1.54) is 6.07 Å². The molecule has 0 aromatic heterocycles. The van der Waals surface area contributed by atoms with Crippen LogP contribution >= 0.6 is 0 Å². The second-order valence-corrected chi connectivity index (χ2v) is 5.28. The summed E-state index contributed by atoms with van der Waals surface area (Å²) in [4.78, 5) is 0. The summed E-state index contributed by atoms with van der Waals surface area (Å²) in [5.41, 5.74) is 2.64. The normalized spacial score (nSPS) is 11.5. The molecule has 0 aliphatic heterocycles. The molecule has 0 aliphatic rings. The molecule has 0 spiro atoms. The standard InChI is InChI=1S/C16H17F/c1-16(2,3)15-13(10-7-11-14(15)17)12-8-5-4-6-9-12/h4-11H,1-3H3. The van der Waals surface area contributed by atoms with E-state index in [9.17, 15) is 4.39 Å². The number of halogens is 1. The van der Waals surface area contributed by atoms with Crippen molar-refractivity contribution in [1.82, 2.24) is 0 Å². The van der Waals surface area contributed by atoms with E-state index in [1.807, 2.05) is 57.2 Å². The van der Waals surface area contributed by atoms with Crippen molar-refractivity contribution < 1.29 is 4.39 Å². The molecule has 0 atom stereocenters. The zero-order chi connectivity index (χ0) is 12.5. The summed E-state index contributed by atoms with van der Waals surface area (Å²) < 4.78 is 14.0. The minimum absolute atomic E-state index is 0.126. The summed E-state index contributed by atoms with van der Waals surface area (Å²) in [7, 11) is 0. The largest absolute Gasteiger partial charge is 0.207 e. The molecule has 0 bridgehead atoms. The van der Waals surface area contributed by atoms with E-state index in [-0.39, 0.29) is 11.2 Å². The SMILES string of the molecule is CC(C)(C)c1c(F)cccc1-c1ccccc1. The molecule has 2 rings (SSSR count). The summed E-state index contributed by atoms with van der Waals surface area (Å²) in [6.07, 6.45) is 0. The number of hydrogen-bond donors (Lipinski definition) is 0. The quantitative estimate of drug-likeness (QED) is 0.658. The third-order valence-electron chi connectivity index (χ3n) is 2.85. The van der Waals surface area contributed by atoms with Crippen LogP contribution in [-0.2, 0) is 5.41 Å². The molecule has 88 valence electrons. The van der Waals surface area contributed by atoms with Crippen molar-refractivity contribution in [3.8, 4) is 11.1 Å². The van der Waals surface area contributed by atoms with Gasteiger partial charge >= 0.3 is 0 Å². The molecule has 0 N–H and O–H groups in total. The Kier molecular flexibility index (Phi) is 3.01. The third kappa shape index (κ3) is 2.38. The smallest absolute Gasteiger partial charge is 0.127 e. The molecular formula is C16H17F. The van der Waals surface area contributed by atoms with Gasteiger partial charge in [-0.1, -0.05) is 63.2 Å². The first-order valence-corrected chi connectivity index (χ1v) is 5.84. The molecule has 0 unspecified atom stereocenters. The van der Waals surface area contributed by atoms with Crippen molar-refractivity contribution in [2.45, 2.75) is 26.2 Å². The van der Waals surface area contributed by atoms with Gasteiger partial charge in [-0.3, -0.25) is 0 Å². The maximum Gasteiger partial charge on any atom is 0.127 e. The zero-order valence-corrected chi connectivity index (χ0v) is 10.5. The fourth-order valence-electron chi connectivity index (χ4n) is 2.14. The Morgan fingerprint density at radius 3 is 2.06 bits per heavy atom. The number of benzene rings is 2. The van der Waals surface area contributed by atoms with Crippen LogP contribution < -0.4 is 0 Å². The molecule has 0 amide bonds. The lowest BCUT2D eigenvalue weighted by atomic mass is 9.81. The van der Waals surface area contributed by atoms with Crippen molar-refractivity contribution in [2.75, 3.05) is 0 Å². The molecule has 0 nitrogen and oxygen atoms in total. The lowest BCUT2D eigenvalue weighted by molar-refractivity contribution is 0.524. The Hall–Kier alpha value is -1.63. The molecule has 1 heteroatoms. The highest BCUT2D eigenvalue weighted by Crippen LogP contribution is 2.34. The average molecular weight is 228 g/mol. The van der Waals surface area contributed by atoms with Crippen LogP contribution in [0.2, 0.25) is 0 Å². The predicted molar refractivity (Wildman–Crippen MR) is 70.5 cm³/mol. The van der Waals surface area contributed by atoms with Crippen LogP contribution in [0, 0.1) is 5.82 Å². The van der Waals surface area contributed by atoms with Gasteiger partial charge in [0, 0.05) is 5.56 Å². The van der Waals surface area contributed by atoms with E-state index in [0.29, 0.717) is 0 Å². The van der Waals surface area contributed by atoms with Crippen molar-refractivity contribution >= 4 is 0 Å². The molecule has 0 saturated carbocycles. The van der Waals surface area contributed by atoms with Gasteiger partial charge in [-0.25, -0.2) is 4.39 Å². The van der Waals surface area contributed by atoms with E-state index in [0.717, 1.165) is 16.7 Å². The second kappa shape index (κ2) is 4.33. The molecule has 0 fully saturated rings. The van der Waals surface area contributed by atoms with Gasteiger partial charge in [0.05, 0.1) is 0 Å². The highest BCUT2D eigenvalue weighted by Gasteiger charge is 2.22. The van der Waals surface area contributed by atoms with Gasteiger partial charge in [-0.2, -0.15) is 0 Å². The topological polar surface area (TPSA) is 0 Å². The molecule has 0 heterocycles. The number of rotatable bonds is 1. The van der Waals surface area contributed by atoms with E-state index < -0.39 is 0 Å². The van der Waals surface area contributed by atoms with Gasteiger partial charge in [0.1, 0.15) is 5.82 Å². The first-order chi connectivity index (χ1) is 8.00. The van der Waals surface area contributed by atoms with Crippen molar-refractivity contribution in [3.63, 3.8) is 0 Å². The summed E-state index contributed by atoms with van der Waals surface area (Å²) in [5.74, 6) is -0.126. The van der Waals surface area contributed by atoms with Crippen molar-refractivity contribution in [1.29, 1.82) is 0 Å². The first kappa shape index (κ1) is 11.8. The summed E-state index contributed by atoms with van der Waals surface area (Å²) in [6, 6.07) is 15.3. The fourth-order valence-corrected chi connectivity index (χ4v) is 2.14. The van der Waals surface area contributed by atoms with Crippen molar-refractivity contribution in [3.05, 3.63) is 59.9 Å². The highest BCUT2D eigenvalue weighted by molar-refractivity contribution is 5.68. The Labute approximate surface area is 102 Å². The van der Waals surface area contributed by atoms with Gasteiger partial charge in [0.25, 0.3) is 0 Å². The summed E-state index contributed by atoms with van der Waals surface area (Å²) in [6.45, 7) is 6.12. The van der Waals surface area contributed by atoms with Crippen molar-refractivity contribution in [2.24, 2.45) is 0 Å². The maximum atomic E-state index is 14.0. The molecule has 2 aromatic carbocycles. The minimum Gasteiger partial charge on any atom is -0.207 e. The molecule has 17 heavy (non-hydrogen) atoms. The first-order valence-electron chi connectivity index (χ1n) is 5.84. The Morgan fingerprint density at radius 1 is 0.824 bits per heavy atom. The lowest BCUT2D eigenvalue weighted by Crippen LogP contribution is -2.15. The zero-order valence-electron chi connectivity index (χ0n) is 10.5. The maximum absolute atomic E-state index is 14.0. The molecular weight excluding hydrogens is 211 g/mol. The van der Waals surface area contributed by atoms with Crippen LogP contribution in [0.1, 0.15) is 26.3 Å². The molecule has 0 aliphatic carbocycles. The fraction of sp³-hybridized carbons (Fsp3) is 0.250. The predicted octanol–water partition coefficient (Wildman–Crippen LogP) is 4.79. The lowest BCUT2D eigenvalue weighted by Gasteiger charge is -2.23. The van der Waals surface area contributed by atoms with Gasteiger partial charge < -0.3 is 0 Å². The molecule has 2 aromatic rings. The number of hydrogen-bond acceptors (Lipinski definition) is 0. The van der Waals surface area contributed by atoms with Gasteiger partial charge in [-0.05, 0) is 22.6 Å². The van der Waals surface area contributed by atoms with Crippen LogP contribution in [0.15, 0.2) is 48.5 Å². The Bertz CT molecular complexity index is 507. The Morgan fingerprint density at radius 2 is 1.47 bits per heavy atom. The second-order valence-electron chi connectivity index (χ2n) is 5.28.